The molecule has 128 valence electrons. The molecule has 1 fully saturated rings. The molecule has 23 heavy (non-hydrogen) atoms. The van der Waals surface area contributed by atoms with E-state index in [1.54, 1.807) is 0 Å². The van der Waals surface area contributed by atoms with Gasteiger partial charge >= 0.3 is 5.97 Å². The first-order valence-electron chi connectivity index (χ1n) is 8.42. The molecular formula is C20H30O3. The van der Waals surface area contributed by atoms with Crippen LogP contribution in [-0.4, -0.2) is 17.9 Å². The van der Waals surface area contributed by atoms with Gasteiger partial charge in [0.2, 0.25) is 5.79 Å². The molecule has 1 aromatic rings. The average Bonchev–Trinajstić information content (AvgIpc) is 2.71. The second kappa shape index (κ2) is 5.94. The highest BCUT2D eigenvalue weighted by Crippen LogP contribution is 2.40. The van der Waals surface area contributed by atoms with Crippen molar-refractivity contribution in [3.63, 3.8) is 0 Å². The van der Waals surface area contributed by atoms with Crippen LogP contribution in [0.15, 0.2) is 24.3 Å². The summed E-state index contributed by atoms with van der Waals surface area (Å²) in [5, 5.41) is 0. The van der Waals surface area contributed by atoms with Crippen LogP contribution >= 0.6 is 0 Å². The summed E-state index contributed by atoms with van der Waals surface area (Å²) >= 11 is 0. The number of esters is 1. The van der Waals surface area contributed by atoms with E-state index in [0.717, 1.165) is 6.42 Å². The fraction of sp³-hybridized carbons (Fsp3) is 0.650. The number of cyclic esters (lactones) is 1. The third-order valence-electron chi connectivity index (χ3n) is 4.80. The fourth-order valence-electron chi connectivity index (χ4n) is 2.58. The van der Waals surface area contributed by atoms with E-state index in [2.05, 4.69) is 45.0 Å². The molecule has 0 saturated carbocycles. The van der Waals surface area contributed by atoms with E-state index < -0.39 is 11.9 Å². The lowest BCUT2D eigenvalue weighted by Gasteiger charge is -2.35. The Morgan fingerprint density at radius 3 is 2.04 bits per heavy atom. The zero-order chi connectivity index (χ0) is 17.5. The molecule has 0 radical (unpaired) electrons. The van der Waals surface area contributed by atoms with Crippen LogP contribution in [0.2, 0.25) is 0 Å². The minimum Gasteiger partial charge on any atom is -0.431 e. The molecule has 1 saturated heterocycles. The Hall–Kier alpha value is -1.35. The Kier molecular flexibility index (Phi) is 4.64. The van der Waals surface area contributed by atoms with Gasteiger partial charge in [-0.05, 0) is 29.4 Å². The molecule has 1 aliphatic rings. The Morgan fingerprint density at radius 2 is 1.61 bits per heavy atom. The molecule has 3 heteroatoms. The first kappa shape index (κ1) is 18.0. The van der Waals surface area contributed by atoms with Crippen molar-refractivity contribution in [2.45, 2.75) is 78.6 Å². The van der Waals surface area contributed by atoms with Gasteiger partial charge < -0.3 is 9.47 Å². The van der Waals surface area contributed by atoms with Crippen LogP contribution in [0.4, 0.5) is 0 Å². The highest BCUT2D eigenvalue weighted by atomic mass is 16.8. The minimum atomic E-state index is -0.842. The third kappa shape index (κ3) is 3.95. The normalized spacial score (nSPS) is 25.5. The van der Waals surface area contributed by atoms with Crippen LogP contribution in [0.25, 0.3) is 0 Å². The highest BCUT2D eigenvalue weighted by molar-refractivity contribution is 5.76. The Bertz CT molecular complexity index is 560. The van der Waals surface area contributed by atoms with Crippen LogP contribution in [-0.2, 0) is 26.1 Å². The first-order valence-corrected chi connectivity index (χ1v) is 8.42. The van der Waals surface area contributed by atoms with Crippen LogP contribution in [0.3, 0.4) is 0 Å². The molecule has 0 spiro atoms. The number of aryl methyl sites for hydroxylation is 1. The summed E-state index contributed by atoms with van der Waals surface area (Å²) in [4.78, 5) is 12.1. The van der Waals surface area contributed by atoms with E-state index in [-0.39, 0.29) is 16.8 Å². The first-order chi connectivity index (χ1) is 10.4. The van der Waals surface area contributed by atoms with Crippen molar-refractivity contribution < 1.29 is 14.3 Å². The van der Waals surface area contributed by atoms with Gasteiger partial charge in [0.25, 0.3) is 0 Å². The van der Waals surface area contributed by atoms with Gasteiger partial charge in [0.1, 0.15) is 0 Å². The second-order valence-corrected chi connectivity index (χ2v) is 8.71. The molecule has 0 amide bonds. The molecule has 1 aromatic carbocycles. The summed E-state index contributed by atoms with van der Waals surface area (Å²) in [7, 11) is 0. The molecule has 1 aliphatic heterocycles. The van der Waals surface area contributed by atoms with Crippen molar-refractivity contribution in [2.24, 2.45) is 5.41 Å². The van der Waals surface area contributed by atoms with Crippen LogP contribution < -0.4 is 0 Å². The molecule has 0 aliphatic carbocycles. The Balaban J connectivity index is 1.98. The quantitative estimate of drug-likeness (QED) is 0.763. The van der Waals surface area contributed by atoms with E-state index in [4.69, 9.17) is 9.47 Å². The van der Waals surface area contributed by atoms with E-state index >= 15 is 0 Å². The molecule has 3 nitrogen and oxygen atoms in total. The van der Waals surface area contributed by atoms with Gasteiger partial charge in [0, 0.05) is 12.3 Å². The zero-order valence-corrected chi connectivity index (χ0v) is 15.5. The number of hydrogen-bond donors (Lipinski definition) is 0. The standard InChI is InChI=1S/C20H30O3/c1-18(2,3)15-11-8-14(9-12-15)10-13-16-17(21)23-20(7,22-16)19(4,5)6/h8-9,11-12,16H,10,13H2,1-7H3/t16-,20+/m0/s1. The predicted octanol–water partition coefficient (Wildman–Crippen LogP) is 4.62. The van der Waals surface area contributed by atoms with E-state index in [1.807, 2.05) is 27.7 Å². The number of rotatable bonds is 3. The maximum absolute atomic E-state index is 12.1. The van der Waals surface area contributed by atoms with E-state index in [9.17, 15) is 4.79 Å². The second-order valence-electron chi connectivity index (χ2n) is 8.71. The minimum absolute atomic E-state index is 0.158. The molecular weight excluding hydrogens is 288 g/mol. The summed E-state index contributed by atoms with van der Waals surface area (Å²) in [6.45, 7) is 14.5. The van der Waals surface area contributed by atoms with Gasteiger partial charge in [-0.25, -0.2) is 4.79 Å². The smallest absolute Gasteiger partial charge is 0.337 e. The molecule has 2 rings (SSSR count). The average molecular weight is 318 g/mol. The Labute approximate surface area is 140 Å². The van der Waals surface area contributed by atoms with Crippen LogP contribution in [0.5, 0.6) is 0 Å². The SMILES string of the molecule is CC(C)(C)c1ccc(CC[C@@H]2O[C@@](C)(C(C)(C)C)OC2=O)cc1. The number of hydrogen-bond acceptors (Lipinski definition) is 3. The predicted molar refractivity (Wildman–Crippen MR) is 92.3 cm³/mol. The van der Waals surface area contributed by atoms with Gasteiger partial charge in [-0.1, -0.05) is 65.8 Å². The monoisotopic (exact) mass is 318 g/mol. The summed E-state index contributed by atoms with van der Waals surface area (Å²) in [5.74, 6) is -1.08. The molecule has 1 heterocycles. The summed E-state index contributed by atoms with van der Waals surface area (Å²) in [6.07, 6.45) is 0.991. The van der Waals surface area contributed by atoms with Crippen molar-refractivity contribution in [1.29, 1.82) is 0 Å². The van der Waals surface area contributed by atoms with Crippen LogP contribution in [0, 0.1) is 5.41 Å². The van der Waals surface area contributed by atoms with Crippen LogP contribution in [0.1, 0.15) is 66.0 Å². The number of carbonyl (C=O) groups is 1. The Morgan fingerprint density at radius 1 is 1.04 bits per heavy atom. The van der Waals surface area contributed by atoms with Gasteiger partial charge in [-0.15, -0.1) is 0 Å². The third-order valence-corrected chi connectivity index (χ3v) is 4.80. The lowest BCUT2D eigenvalue weighted by atomic mass is 9.86. The fourth-order valence-corrected chi connectivity index (χ4v) is 2.58. The molecule has 0 unspecified atom stereocenters. The van der Waals surface area contributed by atoms with Crippen molar-refractivity contribution in [3.05, 3.63) is 35.4 Å². The number of carbonyl (C=O) groups excluding carboxylic acids is 1. The lowest BCUT2D eigenvalue weighted by molar-refractivity contribution is -0.218. The summed E-state index contributed by atoms with van der Waals surface area (Å²) in [6, 6.07) is 8.62. The van der Waals surface area contributed by atoms with Gasteiger partial charge in [0.05, 0.1) is 0 Å². The molecule has 0 aromatic heterocycles. The topological polar surface area (TPSA) is 35.5 Å². The van der Waals surface area contributed by atoms with Gasteiger partial charge in [0.15, 0.2) is 6.10 Å². The van der Waals surface area contributed by atoms with Crippen molar-refractivity contribution in [3.8, 4) is 0 Å². The van der Waals surface area contributed by atoms with E-state index in [1.165, 1.54) is 11.1 Å². The zero-order valence-electron chi connectivity index (χ0n) is 15.5. The van der Waals surface area contributed by atoms with Gasteiger partial charge in [-0.2, -0.15) is 0 Å². The van der Waals surface area contributed by atoms with Crippen molar-refractivity contribution >= 4 is 5.97 Å². The lowest BCUT2D eigenvalue weighted by Crippen LogP contribution is -2.41. The maximum Gasteiger partial charge on any atom is 0.337 e. The molecule has 2 atom stereocenters. The number of ether oxygens (including phenoxy) is 2. The summed E-state index contributed by atoms with van der Waals surface area (Å²) in [5.41, 5.74) is 2.45. The number of benzene rings is 1. The van der Waals surface area contributed by atoms with Gasteiger partial charge in [-0.3, -0.25) is 0 Å². The maximum atomic E-state index is 12.1. The summed E-state index contributed by atoms with van der Waals surface area (Å²) < 4.78 is 11.5. The van der Waals surface area contributed by atoms with E-state index in [0.29, 0.717) is 6.42 Å². The largest absolute Gasteiger partial charge is 0.431 e. The van der Waals surface area contributed by atoms with Crippen molar-refractivity contribution in [2.75, 3.05) is 0 Å². The molecule has 0 bridgehead atoms. The van der Waals surface area contributed by atoms with Crippen molar-refractivity contribution in [1.82, 2.24) is 0 Å². The molecule has 0 N–H and O–H groups in total. The highest BCUT2D eigenvalue weighted by Gasteiger charge is 2.51.